The van der Waals surface area contributed by atoms with Crippen molar-refractivity contribution in [3.63, 3.8) is 0 Å². The Kier molecular flexibility index (Phi) is 9.39. The number of hydrogen-bond donors (Lipinski definition) is 1. The van der Waals surface area contributed by atoms with Crippen LogP contribution in [-0.2, 0) is 25.6 Å². The van der Waals surface area contributed by atoms with Crippen molar-refractivity contribution in [3.05, 3.63) is 108 Å². The molecule has 3 aromatic carbocycles. The van der Waals surface area contributed by atoms with E-state index in [1.165, 1.54) is 18.2 Å². The Labute approximate surface area is 249 Å². The first kappa shape index (κ1) is 30.7. The van der Waals surface area contributed by atoms with Gasteiger partial charge in [0.2, 0.25) is 5.91 Å². The maximum Gasteiger partial charge on any atom is 0.374 e. The fourth-order valence-corrected chi connectivity index (χ4v) is 5.12. The molecule has 0 radical (unpaired) electrons. The highest BCUT2D eigenvalue weighted by Gasteiger charge is 2.47. The summed E-state index contributed by atoms with van der Waals surface area (Å²) >= 11 is 0. The van der Waals surface area contributed by atoms with Crippen molar-refractivity contribution in [2.24, 2.45) is 5.92 Å². The zero-order chi connectivity index (χ0) is 31.3. The van der Waals surface area contributed by atoms with E-state index in [1.54, 1.807) is 98.8 Å². The minimum atomic E-state index is -1.75. The van der Waals surface area contributed by atoms with Gasteiger partial charge < -0.3 is 9.84 Å². The molecule has 2 atom stereocenters. The van der Waals surface area contributed by atoms with Crippen LogP contribution in [0.5, 0.6) is 5.75 Å². The van der Waals surface area contributed by atoms with Crippen molar-refractivity contribution >= 4 is 35.2 Å². The standard InChI is InChI=1S/C33H33N3O7/c1-21(2)29-32(40)36(35(22(3)37)27(30(38)33(41)42)18-23-12-7-5-8-13-23)28(25-16-11-17-26(19-25)43-4)20-34(29)31(39)24-14-9-6-10-15-24/h5-17,19-21,27,29H,18H2,1-4H3,(H,41,42)/t27-,29?/m0/s1. The number of benzene rings is 3. The largest absolute Gasteiger partial charge is 0.497 e. The number of methoxy groups -OCH3 is 1. The molecule has 0 spiro atoms. The number of ketones is 1. The smallest absolute Gasteiger partial charge is 0.374 e. The molecule has 1 N–H and O–H groups in total. The van der Waals surface area contributed by atoms with Gasteiger partial charge in [-0.05, 0) is 35.7 Å². The Morgan fingerprint density at radius 3 is 2.12 bits per heavy atom. The summed E-state index contributed by atoms with van der Waals surface area (Å²) in [5.41, 5.74) is 1.43. The van der Waals surface area contributed by atoms with Gasteiger partial charge in [0.15, 0.2) is 0 Å². The predicted octanol–water partition coefficient (Wildman–Crippen LogP) is 4.03. The summed E-state index contributed by atoms with van der Waals surface area (Å²) < 4.78 is 5.39. The Hall–Kier alpha value is -5.25. The molecule has 0 fully saturated rings. The Balaban J connectivity index is 1.97. The lowest BCUT2D eigenvalue weighted by molar-refractivity contribution is -0.169. The van der Waals surface area contributed by atoms with E-state index in [4.69, 9.17) is 4.74 Å². The molecule has 1 aliphatic heterocycles. The average Bonchev–Trinajstić information content (AvgIpc) is 3.00. The van der Waals surface area contributed by atoms with Crippen LogP contribution in [-0.4, -0.2) is 68.7 Å². The van der Waals surface area contributed by atoms with Gasteiger partial charge in [0.25, 0.3) is 17.6 Å². The van der Waals surface area contributed by atoms with Crippen LogP contribution >= 0.6 is 0 Å². The second-order valence-electron chi connectivity index (χ2n) is 10.4. The van der Waals surface area contributed by atoms with Crippen LogP contribution in [0.15, 0.2) is 91.1 Å². The van der Waals surface area contributed by atoms with Crippen molar-refractivity contribution in [1.82, 2.24) is 14.9 Å². The van der Waals surface area contributed by atoms with Crippen molar-refractivity contribution in [3.8, 4) is 5.75 Å². The summed E-state index contributed by atoms with van der Waals surface area (Å²) in [4.78, 5) is 68.4. The monoisotopic (exact) mass is 583 g/mol. The molecule has 1 unspecified atom stereocenters. The van der Waals surface area contributed by atoms with Crippen LogP contribution < -0.4 is 4.74 Å². The topological polar surface area (TPSA) is 125 Å². The van der Waals surface area contributed by atoms with Gasteiger partial charge in [0.1, 0.15) is 17.8 Å². The van der Waals surface area contributed by atoms with Crippen molar-refractivity contribution < 1.29 is 33.8 Å². The second-order valence-corrected chi connectivity index (χ2v) is 10.4. The number of aliphatic carboxylic acids is 1. The van der Waals surface area contributed by atoms with Crippen LogP contribution in [0.1, 0.15) is 42.3 Å². The Morgan fingerprint density at radius 2 is 1.56 bits per heavy atom. The number of hydrogen-bond acceptors (Lipinski definition) is 6. The Morgan fingerprint density at radius 1 is 0.930 bits per heavy atom. The molecule has 0 bridgehead atoms. The molecule has 222 valence electrons. The first-order valence-electron chi connectivity index (χ1n) is 13.7. The fourth-order valence-electron chi connectivity index (χ4n) is 5.12. The number of Topliss-reactive ketones (excluding diaryl/α,β-unsaturated/α-hetero) is 1. The van der Waals surface area contributed by atoms with E-state index in [0.717, 1.165) is 16.9 Å². The van der Waals surface area contributed by atoms with E-state index in [2.05, 4.69) is 0 Å². The van der Waals surface area contributed by atoms with Gasteiger partial charge >= 0.3 is 5.97 Å². The highest BCUT2D eigenvalue weighted by atomic mass is 16.5. The number of carbonyl (C=O) groups is 5. The van der Waals surface area contributed by atoms with Gasteiger partial charge in [-0.3, -0.25) is 24.1 Å². The summed E-state index contributed by atoms with van der Waals surface area (Å²) in [6.07, 6.45) is 1.30. The normalized spacial score (nSPS) is 15.5. The van der Waals surface area contributed by atoms with Crippen molar-refractivity contribution in [1.29, 1.82) is 0 Å². The number of hydrazine groups is 1. The molecular formula is C33H33N3O7. The van der Waals surface area contributed by atoms with Crippen LogP contribution in [0.3, 0.4) is 0 Å². The molecule has 1 heterocycles. The summed E-state index contributed by atoms with van der Waals surface area (Å²) in [7, 11) is 1.47. The molecule has 3 aromatic rings. The zero-order valence-corrected chi connectivity index (χ0v) is 24.3. The molecule has 3 amide bonds. The number of ether oxygens (including phenoxy) is 1. The number of amides is 3. The van der Waals surface area contributed by atoms with Crippen LogP contribution in [0.4, 0.5) is 0 Å². The van der Waals surface area contributed by atoms with Gasteiger partial charge in [-0.1, -0.05) is 74.5 Å². The van der Waals surface area contributed by atoms with E-state index in [0.29, 0.717) is 22.4 Å². The number of nitrogens with zero attached hydrogens (tertiary/aromatic N) is 3. The number of rotatable bonds is 10. The maximum atomic E-state index is 14.6. The van der Waals surface area contributed by atoms with Crippen LogP contribution in [0, 0.1) is 5.92 Å². The summed E-state index contributed by atoms with van der Waals surface area (Å²) in [5, 5.41) is 11.7. The molecule has 0 aromatic heterocycles. The zero-order valence-electron chi connectivity index (χ0n) is 24.3. The summed E-state index contributed by atoms with van der Waals surface area (Å²) in [5.74, 6) is -4.85. The highest BCUT2D eigenvalue weighted by molar-refractivity contribution is 6.35. The molecule has 10 heteroatoms. The molecule has 0 saturated carbocycles. The second kappa shape index (κ2) is 13.2. The number of carbonyl (C=O) groups excluding carboxylic acids is 4. The van der Waals surface area contributed by atoms with Crippen LogP contribution in [0.25, 0.3) is 5.70 Å². The van der Waals surface area contributed by atoms with Gasteiger partial charge in [-0.2, -0.15) is 0 Å². The maximum absolute atomic E-state index is 14.6. The van der Waals surface area contributed by atoms with E-state index >= 15 is 0 Å². The first-order valence-corrected chi connectivity index (χ1v) is 13.7. The van der Waals surface area contributed by atoms with Crippen molar-refractivity contribution in [2.75, 3.05) is 7.11 Å². The summed E-state index contributed by atoms with van der Waals surface area (Å²) in [6, 6.07) is 21.1. The third-order valence-corrected chi connectivity index (χ3v) is 7.12. The van der Waals surface area contributed by atoms with E-state index in [-0.39, 0.29) is 12.1 Å². The van der Waals surface area contributed by atoms with E-state index < -0.39 is 47.5 Å². The third kappa shape index (κ3) is 6.48. The minimum absolute atomic E-state index is 0.0940. The predicted molar refractivity (Wildman–Crippen MR) is 158 cm³/mol. The molecular weight excluding hydrogens is 550 g/mol. The minimum Gasteiger partial charge on any atom is -0.497 e. The Bertz CT molecular complexity index is 1550. The fraction of sp³-hybridized carbons (Fsp3) is 0.242. The van der Waals surface area contributed by atoms with E-state index in [1.807, 2.05) is 0 Å². The van der Waals surface area contributed by atoms with Gasteiger partial charge in [0, 0.05) is 30.7 Å². The van der Waals surface area contributed by atoms with E-state index in [9.17, 15) is 29.1 Å². The first-order chi connectivity index (χ1) is 20.5. The van der Waals surface area contributed by atoms with Gasteiger partial charge in [-0.15, -0.1) is 0 Å². The highest BCUT2D eigenvalue weighted by Crippen LogP contribution is 2.35. The molecule has 1 aliphatic rings. The average molecular weight is 584 g/mol. The molecule has 4 rings (SSSR count). The number of carboxylic acids is 1. The lowest BCUT2D eigenvalue weighted by Crippen LogP contribution is -2.64. The molecule has 43 heavy (non-hydrogen) atoms. The SMILES string of the molecule is COc1cccc(C2=CN(C(=O)c3ccccc3)C(C(C)C)C(=O)N2N(C(C)=O)[C@@H](Cc2ccccc2)C(=O)C(=O)O)c1. The lowest BCUT2D eigenvalue weighted by atomic mass is 9.96. The number of carboxylic acid groups (broad SMARTS) is 1. The van der Waals surface area contributed by atoms with Gasteiger partial charge in [0.05, 0.1) is 12.8 Å². The van der Waals surface area contributed by atoms with Crippen molar-refractivity contribution in [2.45, 2.75) is 39.3 Å². The third-order valence-electron chi connectivity index (χ3n) is 7.12. The summed E-state index contributed by atoms with van der Waals surface area (Å²) in [6.45, 7) is 4.69. The van der Waals surface area contributed by atoms with Gasteiger partial charge in [-0.25, -0.2) is 14.8 Å². The van der Waals surface area contributed by atoms with Crippen LogP contribution in [0.2, 0.25) is 0 Å². The molecule has 0 aliphatic carbocycles. The molecule has 10 nitrogen and oxygen atoms in total. The lowest BCUT2D eigenvalue weighted by Gasteiger charge is -2.46. The molecule has 0 saturated heterocycles. The quantitative estimate of drug-likeness (QED) is 0.357.